The zero-order chi connectivity index (χ0) is 7.40. The van der Waals surface area contributed by atoms with Crippen molar-refractivity contribution in [3.63, 3.8) is 0 Å². The van der Waals surface area contributed by atoms with Crippen molar-refractivity contribution in [1.29, 1.82) is 0 Å². The Balaban J connectivity index is 2.39. The zero-order valence-corrected chi connectivity index (χ0v) is 6.77. The molecule has 0 amide bonds. The lowest BCUT2D eigenvalue weighted by Crippen LogP contribution is -2.18. The SMILES string of the molecule is C/C=C1\CCCC(CN)C1. The van der Waals surface area contributed by atoms with Crippen LogP contribution in [-0.4, -0.2) is 6.54 Å². The van der Waals surface area contributed by atoms with Gasteiger partial charge in [0.05, 0.1) is 0 Å². The molecule has 1 fully saturated rings. The maximum atomic E-state index is 5.59. The first-order chi connectivity index (χ1) is 4.86. The first-order valence-electron chi connectivity index (χ1n) is 4.21. The van der Waals surface area contributed by atoms with Crippen LogP contribution < -0.4 is 5.73 Å². The number of hydrogen-bond acceptors (Lipinski definition) is 1. The molecular weight excluding hydrogens is 122 g/mol. The summed E-state index contributed by atoms with van der Waals surface area (Å²) in [6, 6.07) is 0. The van der Waals surface area contributed by atoms with Crippen LogP contribution in [0.3, 0.4) is 0 Å². The third kappa shape index (κ3) is 1.84. The Morgan fingerprint density at radius 3 is 3.10 bits per heavy atom. The molecule has 0 aliphatic heterocycles. The lowest BCUT2D eigenvalue weighted by Gasteiger charge is -2.22. The van der Waals surface area contributed by atoms with E-state index in [0.717, 1.165) is 12.5 Å². The number of rotatable bonds is 1. The fourth-order valence-electron chi connectivity index (χ4n) is 1.66. The number of allylic oxidation sites excluding steroid dienone is 2. The van der Waals surface area contributed by atoms with Crippen molar-refractivity contribution in [2.75, 3.05) is 6.54 Å². The van der Waals surface area contributed by atoms with Gasteiger partial charge < -0.3 is 5.73 Å². The topological polar surface area (TPSA) is 26.0 Å². The Morgan fingerprint density at radius 1 is 1.70 bits per heavy atom. The summed E-state index contributed by atoms with van der Waals surface area (Å²) < 4.78 is 0. The molecule has 0 saturated heterocycles. The molecule has 1 saturated carbocycles. The van der Waals surface area contributed by atoms with E-state index in [-0.39, 0.29) is 0 Å². The predicted octanol–water partition coefficient (Wildman–Crippen LogP) is 2.08. The lowest BCUT2D eigenvalue weighted by atomic mass is 9.85. The largest absolute Gasteiger partial charge is 0.330 e. The van der Waals surface area contributed by atoms with Gasteiger partial charge in [-0.3, -0.25) is 0 Å². The third-order valence-corrected chi connectivity index (χ3v) is 2.40. The minimum atomic E-state index is 0.778. The molecule has 1 atom stereocenters. The summed E-state index contributed by atoms with van der Waals surface area (Å²) in [6.07, 6.45) is 7.51. The van der Waals surface area contributed by atoms with Gasteiger partial charge in [-0.15, -0.1) is 0 Å². The summed E-state index contributed by atoms with van der Waals surface area (Å²) >= 11 is 0. The standard InChI is InChI=1S/C9H17N/c1-2-8-4-3-5-9(6-8)7-10/h2,9H,3-7,10H2,1H3/b8-2+. The van der Waals surface area contributed by atoms with Crippen LogP contribution in [0.4, 0.5) is 0 Å². The minimum absolute atomic E-state index is 0.778. The van der Waals surface area contributed by atoms with E-state index in [9.17, 15) is 0 Å². The van der Waals surface area contributed by atoms with Crippen LogP contribution in [0.1, 0.15) is 32.6 Å². The van der Waals surface area contributed by atoms with Crippen molar-refractivity contribution in [2.24, 2.45) is 11.7 Å². The fraction of sp³-hybridized carbons (Fsp3) is 0.778. The molecule has 2 N–H and O–H groups in total. The molecule has 1 unspecified atom stereocenters. The maximum absolute atomic E-state index is 5.59. The summed E-state index contributed by atoms with van der Waals surface area (Å²) in [5.74, 6) is 0.778. The Bertz CT molecular complexity index is 127. The lowest BCUT2D eigenvalue weighted by molar-refractivity contribution is 0.427. The molecule has 0 aromatic heterocycles. The Hall–Kier alpha value is -0.300. The molecule has 1 aliphatic carbocycles. The third-order valence-electron chi connectivity index (χ3n) is 2.40. The first-order valence-corrected chi connectivity index (χ1v) is 4.21. The molecule has 0 heterocycles. The summed E-state index contributed by atoms with van der Waals surface area (Å²) in [6.45, 7) is 3.01. The number of nitrogens with two attached hydrogens (primary N) is 1. The van der Waals surface area contributed by atoms with E-state index >= 15 is 0 Å². The van der Waals surface area contributed by atoms with E-state index < -0.39 is 0 Å². The normalized spacial score (nSPS) is 31.0. The van der Waals surface area contributed by atoms with Crippen molar-refractivity contribution >= 4 is 0 Å². The zero-order valence-electron chi connectivity index (χ0n) is 6.77. The highest BCUT2D eigenvalue weighted by Gasteiger charge is 2.13. The molecular formula is C9H17N. The van der Waals surface area contributed by atoms with Gasteiger partial charge in [-0.2, -0.15) is 0 Å². The molecule has 58 valence electrons. The molecule has 10 heavy (non-hydrogen) atoms. The molecule has 1 aliphatic rings. The monoisotopic (exact) mass is 139 g/mol. The van der Waals surface area contributed by atoms with E-state index in [2.05, 4.69) is 13.0 Å². The van der Waals surface area contributed by atoms with E-state index in [0.29, 0.717) is 0 Å². The van der Waals surface area contributed by atoms with Gasteiger partial charge in [0.25, 0.3) is 0 Å². The van der Waals surface area contributed by atoms with E-state index in [1.54, 1.807) is 5.57 Å². The predicted molar refractivity (Wildman–Crippen MR) is 44.8 cm³/mol. The summed E-state index contributed by atoms with van der Waals surface area (Å²) in [4.78, 5) is 0. The molecule has 0 spiro atoms. The fourth-order valence-corrected chi connectivity index (χ4v) is 1.66. The van der Waals surface area contributed by atoms with Crippen LogP contribution in [0, 0.1) is 5.92 Å². The smallest absolute Gasteiger partial charge is 0.00458 e. The van der Waals surface area contributed by atoms with Crippen LogP contribution in [0.5, 0.6) is 0 Å². The Kier molecular flexibility index (Phi) is 2.94. The first kappa shape index (κ1) is 7.80. The molecule has 1 rings (SSSR count). The van der Waals surface area contributed by atoms with Crippen LogP contribution in [0.2, 0.25) is 0 Å². The van der Waals surface area contributed by atoms with Gasteiger partial charge >= 0.3 is 0 Å². The second-order valence-corrected chi connectivity index (χ2v) is 3.15. The molecule has 1 nitrogen and oxygen atoms in total. The van der Waals surface area contributed by atoms with Crippen LogP contribution in [0.25, 0.3) is 0 Å². The van der Waals surface area contributed by atoms with Crippen molar-refractivity contribution in [2.45, 2.75) is 32.6 Å². The molecule has 1 heteroatoms. The number of hydrogen-bond donors (Lipinski definition) is 1. The quantitative estimate of drug-likeness (QED) is 0.553. The highest BCUT2D eigenvalue weighted by Crippen LogP contribution is 2.27. The van der Waals surface area contributed by atoms with Crippen molar-refractivity contribution in [3.8, 4) is 0 Å². The minimum Gasteiger partial charge on any atom is -0.330 e. The van der Waals surface area contributed by atoms with E-state index in [4.69, 9.17) is 5.73 Å². The average molecular weight is 139 g/mol. The summed E-state index contributed by atoms with van der Waals surface area (Å²) in [7, 11) is 0. The highest BCUT2D eigenvalue weighted by molar-refractivity contribution is 5.04. The Labute approximate surface area is 63.3 Å². The van der Waals surface area contributed by atoms with Crippen LogP contribution in [0.15, 0.2) is 11.6 Å². The van der Waals surface area contributed by atoms with Gasteiger partial charge in [0.1, 0.15) is 0 Å². The summed E-state index contributed by atoms with van der Waals surface area (Å²) in [5, 5.41) is 0. The molecule has 0 bridgehead atoms. The van der Waals surface area contributed by atoms with Gasteiger partial charge in [-0.25, -0.2) is 0 Å². The highest BCUT2D eigenvalue weighted by atomic mass is 14.5. The van der Waals surface area contributed by atoms with Gasteiger partial charge in [-0.05, 0) is 45.1 Å². The van der Waals surface area contributed by atoms with Crippen LogP contribution >= 0.6 is 0 Å². The second-order valence-electron chi connectivity index (χ2n) is 3.15. The van der Waals surface area contributed by atoms with E-state index in [1.807, 2.05) is 0 Å². The maximum Gasteiger partial charge on any atom is -0.00458 e. The second kappa shape index (κ2) is 3.77. The van der Waals surface area contributed by atoms with Gasteiger partial charge in [0.15, 0.2) is 0 Å². The van der Waals surface area contributed by atoms with Gasteiger partial charge in [0.2, 0.25) is 0 Å². The van der Waals surface area contributed by atoms with Crippen molar-refractivity contribution in [3.05, 3.63) is 11.6 Å². The van der Waals surface area contributed by atoms with Crippen molar-refractivity contribution in [1.82, 2.24) is 0 Å². The van der Waals surface area contributed by atoms with Gasteiger partial charge in [0, 0.05) is 0 Å². The van der Waals surface area contributed by atoms with Crippen LogP contribution in [-0.2, 0) is 0 Å². The molecule has 0 aromatic carbocycles. The van der Waals surface area contributed by atoms with E-state index in [1.165, 1.54) is 25.7 Å². The van der Waals surface area contributed by atoms with Crippen molar-refractivity contribution < 1.29 is 0 Å². The summed E-state index contributed by atoms with van der Waals surface area (Å²) in [5.41, 5.74) is 7.21. The molecule has 0 radical (unpaired) electrons. The molecule has 0 aromatic rings. The Morgan fingerprint density at radius 2 is 2.50 bits per heavy atom. The van der Waals surface area contributed by atoms with Gasteiger partial charge in [-0.1, -0.05) is 11.6 Å². The average Bonchev–Trinajstić information content (AvgIpc) is 2.05.